The molecule has 0 spiro atoms. The Morgan fingerprint density at radius 1 is 1.32 bits per heavy atom. The average molecular weight is 278 g/mol. The summed E-state index contributed by atoms with van der Waals surface area (Å²) < 4.78 is 5.60. The Labute approximate surface area is 117 Å². The van der Waals surface area contributed by atoms with Gasteiger partial charge in [-0.05, 0) is 41.6 Å². The van der Waals surface area contributed by atoms with Crippen molar-refractivity contribution in [3.05, 3.63) is 41.3 Å². The maximum Gasteiger partial charge on any atom is 0.247 e. The Morgan fingerprint density at radius 3 is 2.63 bits per heavy atom. The first-order chi connectivity index (χ1) is 9.10. The van der Waals surface area contributed by atoms with Gasteiger partial charge in [-0.15, -0.1) is 0 Å². The number of nitrogens with zero attached hydrogens (tertiary/aromatic N) is 2. The van der Waals surface area contributed by atoms with Crippen LogP contribution >= 0.6 is 11.6 Å². The quantitative estimate of drug-likeness (QED) is 0.858. The highest BCUT2D eigenvalue weighted by atomic mass is 35.5. The summed E-state index contributed by atoms with van der Waals surface area (Å²) in [4.78, 5) is 7.73. The van der Waals surface area contributed by atoms with Crippen LogP contribution in [0, 0.1) is 0 Å². The SMILES string of the molecule is CCC(C)c1ccc(Oc2nc(Cl)ncc2N)cc1. The van der Waals surface area contributed by atoms with Gasteiger partial charge in [0.05, 0.1) is 6.20 Å². The van der Waals surface area contributed by atoms with E-state index in [1.165, 1.54) is 11.8 Å². The van der Waals surface area contributed by atoms with E-state index in [-0.39, 0.29) is 11.2 Å². The van der Waals surface area contributed by atoms with E-state index in [0.29, 0.717) is 17.4 Å². The maximum absolute atomic E-state index is 5.73. The number of anilines is 1. The van der Waals surface area contributed by atoms with E-state index < -0.39 is 0 Å². The Bertz CT molecular complexity index is 557. The van der Waals surface area contributed by atoms with Crippen LogP contribution in [0.25, 0.3) is 0 Å². The number of benzene rings is 1. The van der Waals surface area contributed by atoms with Crippen LogP contribution in [-0.4, -0.2) is 9.97 Å². The fourth-order valence-corrected chi connectivity index (χ4v) is 1.77. The Hall–Kier alpha value is -1.81. The summed E-state index contributed by atoms with van der Waals surface area (Å²) in [5, 5.41) is 0.112. The van der Waals surface area contributed by atoms with Gasteiger partial charge in [-0.3, -0.25) is 0 Å². The summed E-state index contributed by atoms with van der Waals surface area (Å²) in [6, 6.07) is 7.89. The van der Waals surface area contributed by atoms with Gasteiger partial charge in [-0.25, -0.2) is 4.98 Å². The molecule has 1 unspecified atom stereocenters. The largest absolute Gasteiger partial charge is 0.437 e. The molecule has 2 N–H and O–H groups in total. The van der Waals surface area contributed by atoms with Crippen LogP contribution in [0.3, 0.4) is 0 Å². The van der Waals surface area contributed by atoms with Crippen molar-refractivity contribution >= 4 is 17.3 Å². The lowest BCUT2D eigenvalue weighted by atomic mass is 9.99. The first-order valence-corrected chi connectivity index (χ1v) is 6.53. The highest BCUT2D eigenvalue weighted by Crippen LogP contribution is 2.27. The van der Waals surface area contributed by atoms with Gasteiger partial charge in [0, 0.05) is 0 Å². The van der Waals surface area contributed by atoms with E-state index in [9.17, 15) is 0 Å². The van der Waals surface area contributed by atoms with Crippen molar-refractivity contribution in [2.24, 2.45) is 0 Å². The maximum atomic E-state index is 5.73. The Morgan fingerprint density at radius 2 is 2.00 bits per heavy atom. The molecule has 0 amide bonds. The summed E-state index contributed by atoms with van der Waals surface area (Å²) in [6.07, 6.45) is 2.53. The number of aromatic nitrogens is 2. The molecule has 1 atom stereocenters. The molecule has 0 radical (unpaired) electrons. The number of nitrogens with two attached hydrogens (primary N) is 1. The molecular formula is C14H16ClN3O. The number of hydrogen-bond acceptors (Lipinski definition) is 4. The van der Waals surface area contributed by atoms with Gasteiger partial charge < -0.3 is 10.5 Å². The molecule has 0 saturated heterocycles. The average Bonchev–Trinajstić information content (AvgIpc) is 2.43. The molecule has 4 nitrogen and oxygen atoms in total. The van der Waals surface area contributed by atoms with E-state index in [1.54, 1.807) is 0 Å². The number of halogens is 1. The molecule has 1 aromatic carbocycles. The standard InChI is InChI=1S/C14H16ClN3O/c1-3-9(2)10-4-6-11(7-5-10)19-13-12(16)8-17-14(15)18-13/h4-9H,3,16H2,1-2H3. The molecule has 0 aliphatic carbocycles. The lowest BCUT2D eigenvalue weighted by molar-refractivity contribution is 0.464. The monoisotopic (exact) mass is 277 g/mol. The van der Waals surface area contributed by atoms with Crippen molar-refractivity contribution in [1.82, 2.24) is 9.97 Å². The van der Waals surface area contributed by atoms with E-state index in [4.69, 9.17) is 22.1 Å². The fourth-order valence-electron chi connectivity index (χ4n) is 1.65. The second kappa shape index (κ2) is 5.89. The van der Waals surface area contributed by atoms with Gasteiger partial charge >= 0.3 is 0 Å². The number of ether oxygens (including phenoxy) is 1. The Balaban J connectivity index is 2.17. The molecule has 1 aromatic heterocycles. The van der Waals surface area contributed by atoms with Crippen molar-refractivity contribution in [1.29, 1.82) is 0 Å². The van der Waals surface area contributed by atoms with Crippen molar-refractivity contribution in [3.63, 3.8) is 0 Å². The third-order valence-corrected chi connectivity index (χ3v) is 3.21. The van der Waals surface area contributed by atoms with E-state index in [0.717, 1.165) is 6.42 Å². The molecule has 2 aromatic rings. The van der Waals surface area contributed by atoms with Crippen molar-refractivity contribution in [2.75, 3.05) is 5.73 Å². The molecule has 0 aliphatic heterocycles. The zero-order valence-corrected chi connectivity index (χ0v) is 11.7. The molecule has 100 valence electrons. The predicted octanol–water partition coefficient (Wildman–Crippen LogP) is 4.02. The third kappa shape index (κ3) is 3.35. The second-order valence-electron chi connectivity index (χ2n) is 4.38. The predicted molar refractivity (Wildman–Crippen MR) is 76.7 cm³/mol. The molecule has 19 heavy (non-hydrogen) atoms. The van der Waals surface area contributed by atoms with Crippen LogP contribution in [0.15, 0.2) is 30.5 Å². The first-order valence-electron chi connectivity index (χ1n) is 6.16. The number of rotatable bonds is 4. The normalized spacial score (nSPS) is 12.2. The highest BCUT2D eigenvalue weighted by Gasteiger charge is 2.07. The van der Waals surface area contributed by atoms with Crippen LogP contribution in [0.5, 0.6) is 11.6 Å². The minimum atomic E-state index is 0.112. The Kier molecular flexibility index (Phi) is 4.22. The van der Waals surface area contributed by atoms with Gasteiger partial charge in [0.1, 0.15) is 11.4 Å². The summed E-state index contributed by atoms with van der Waals surface area (Å²) in [7, 11) is 0. The molecule has 0 saturated carbocycles. The van der Waals surface area contributed by atoms with Crippen LogP contribution in [0.4, 0.5) is 5.69 Å². The minimum absolute atomic E-state index is 0.112. The van der Waals surface area contributed by atoms with Crippen LogP contribution in [0.2, 0.25) is 5.28 Å². The topological polar surface area (TPSA) is 61.0 Å². The zero-order valence-electron chi connectivity index (χ0n) is 10.9. The van der Waals surface area contributed by atoms with Crippen molar-refractivity contribution < 1.29 is 4.74 Å². The molecule has 1 heterocycles. The molecule has 0 fully saturated rings. The van der Waals surface area contributed by atoms with E-state index in [1.807, 2.05) is 24.3 Å². The van der Waals surface area contributed by atoms with Gasteiger partial charge in [-0.2, -0.15) is 4.98 Å². The van der Waals surface area contributed by atoms with E-state index in [2.05, 4.69) is 23.8 Å². The number of hydrogen-bond donors (Lipinski definition) is 1. The minimum Gasteiger partial charge on any atom is -0.437 e. The van der Waals surface area contributed by atoms with Gasteiger partial charge in [0.25, 0.3) is 0 Å². The first kappa shape index (κ1) is 13.6. The summed E-state index contributed by atoms with van der Waals surface area (Å²) in [6.45, 7) is 4.36. The summed E-state index contributed by atoms with van der Waals surface area (Å²) >= 11 is 5.71. The van der Waals surface area contributed by atoms with Crippen molar-refractivity contribution in [3.8, 4) is 11.6 Å². The number of nitrogen functional groups attached to an aromatic ring is 1. The van der Waals surface area contributed by atoms with Crippen LogP contribution < -0.4 is 10.5 Å². The highest BCUT2D eigenvalue weighted by molar-refractivity contribution is 6.28. The second-order valence-corrected chi connectivity index (χ2v) is 4.72. The molecule has 0 bridgehead atoms. The van der Waals surface area contributed by atoms with Crippen molar-refractivity contribution in [2.45, 2.75) is 26.2 Å². The summed E-state index contributed by atoms with van der Waals surface area (Å²) in [5.41, 5.74) is 7.37. The fraction of sp³-hybridized carbons (Fsp3) is 0.286. The zero-order chi connectivity index (χ0) is 13.8. The van der Waals surface area contributed by atoms with Crippen LogP contribution in [-0.2, 0) is 0 Å². The lowest BCUT2D eigenvalue weighted by Gasteiger charge is -2.11. The molecule has 5 heteroatoms. The molecule has 0 aliphatic rings. The smallest absolute Gasteiger partial charge is 0.247 e. The van der Waals surface area contributed by atoms with Gasteiger partial charge in [0.15, 0.2) is 0 Å². The molecular weight excluding hydrogens is 262 g/mol. The van der Waals surface area contributed by atoms with E-state index >= 15 is 0 Å². The van der Waals surface area contributed by atoms with Gasteiger partial charge in [-0.1, -0.05) is 26.0 Å². The summed E-state index contributed by atoms with van der Waals surface area (Å²) in [5.74, 6) is 1.48. The van der Waals surface area contributed by atoms with Gasteiger partial charge in [0.2, 0.25) is 11.2 Å². The van der Waals surface area contributed by atoms with Crippen LogP contribution in [0.1, 0.15) is 31.7 Å². The lowest BCUT2D eigenvalue weighted by Crippen LogP contribution is -1.97. The molecule has 2 rings (SSSR count). The third-order valence-electron chi connectivity index (χ3n) is 3.03.